The van der Waals surface area contributed by atoms with E-state index in [0.29, 0.717) is 11.4 Å². The van der Waals surface area contributed by atoms with Gasteiger partial charge in [0.1, 0.15) is 11.5 Å². The van der Waals surface area contributed by atoms with Gasteiger partial charge in [-0.3, -0.25) is 9.20 Å². The normalized spacial score (nSPS) is 11.1. The van der Waals surface area contributed by atoms with Crippen molar-refractivity contribution in [2.45, 2.75) is 6.92 Å². The molecule has 0 fully saturated rings. The summed E-state index contributed by atoms with van der Waals surface area (Å²) in [6.07, 6.45) is 1.88. The Kier molecular flexibility index (Phi) is 2.90. The molecule has 0 radical (unpaired) electrons. The molecule has 22 heavy (non-hydrogen) atoms. The van der Waals surface area contributed by atoms with E-state index < -0.39 is 0 Å². The molecule has 0 aliphatic rings. The van der Waals surface area contributed by atoms with Gasteiger partial charge in [-0.1, -0.05) is 6.07 Å². The quantitative estimate of drug-likeness (QED) is 0.616. The Labute approximate surface area is 130 Å². The molecule has 0 aliphatic carbocycles. The van der Waals surface area contributed by atoms with Crippen LogP contribution in [-0.4, -0.2) is 20.3 Å². The first-order valence-corrected chi connectivity index (χ1v) is 7.68. The Morgan fingerprint density at radius 1 is 1.27 bits per heavy atom. The molecule has 3 aromatic heterocycles. The van der Waals surface area contributed by atoms with E-state index >= 15 is 0 Å². The Morgan fingerprint density at radius 3 is 3.09 bits per heavy atom. The zero-order valence-corrected chi connectivity index (χ0v) is 12.6. The fourth-order valence-electron chi connectivity index (χ4n) is 2.44. The molecule has 5 nitrogen and oxygen atoms in total. The van der Waals surface area contributed by atoms with Gasteiger partial charge < -0.3 is 5.32 Å². The minimum absolute atomic E-state index is 0.163. The molecule has 0 saturated carbocycles. The van der Waals surface area contributed by atoms with Crippen molar-refractivity contribution in [1.82, 2.24) is 14.4 Å². The predicted octanol–water partition coefficient (Wildman–Crippen LogP) is 3.50. The molecule has 1 N–H and O–H groups in total. The van der Waals surface area contributed by atoms with E-state index in [0.717, 1.165) is 21.6 Å². The maximum atomic E-state index is 12.5. The highest BCUT2D eigenvalue weighted by Gasteiger charge is 2.13. The van der Waals surface area contributed by atoms with Crippen LogP contribution in [0.1, 0.15) is 16.1 Å². The number of rotatable bonds is 2. The third-order valence-corrected chi connectivity index (χ3v) is 4.34. The fourth-order valence-corrected chi connectivity index (χ4v) is 3.10. The monoisotopic (exact) mass is 308 g/mol. The van der Waals surface area contributed by atoms with Crippen molar-refractivity contribution >= 4 is 38.9 Å². The number of hydrogen-bond donors (Lipinski definition) is 1. The lowest BCUT2D eigenvalue weighted by atomic mass is 10.2. The van der Waals surface area contributed by atoms with Gasteiger partial charge in [0.05, 0.1) is 21.4 Å². The van der Waals surface area contributed by atoms with E-state index in [1.165, 1.54) is 0 Å². The number of carbonyl (C=O) groups is 1. The van der Waals surface area contributed by atoms with Crippen LogP contribution in [0.5, 0.6) is 0 Å². The van der Waals surface area contributed by atoms with E-state index in [1.807, 2.05) is 47.9 Å². The zero-order valence-electron chi connectivity index (χ0n) is 11.8. The first-order valence-electron chi connectivity index (χ1n) is 6.81. The van der Waals surface area contributed by atoms with Gasteiger partial charge in [-0.05, 0) is 37.3 Å². The highest BCUT2D eigenvalue weighted by Crippen LogP contribution is 2.21. The lowest BCUT2D eigenvalue weighted by molar-refractivity contribution is 0.102. The Balaban J connectivity index is 1.72. The smallest absolute Gasteiger partial charge is 0.256 e. The number of thiazole rings is 1. The van der Waals surface area contributed by atoms with E-state index in [-0.39, 0.29) is 5.91 Å². The molecule has 6 heteroatoms. The molecule has 1 amide bonds. The van der Waals surface area contributed by atoms with Crippen LogP contribution in [0.15, 0.2) is 48.1 Å². The van der Waals surface area contributed by atoms with Gasteiger partial charge in [0.15, 0.2) is 0 Å². The van der Waals surface area contributed by atoms with Crippen LogP contribution in [0.25, 0.3) is 15.9 Å². The van der Waals surface area contributed by atoms with Gasteiger partial charge in [0, 0.05) is 11.8 Å². The first kappa shape index (κ1) is 13.0. The maximum Gasteiger partial charge on any atom is 0.256 e. The number of benzene rings is 1. The number of hydrogen-bond acceptors (Lipinski definition) is 4. The number of anilines is 1. The molecule has 0 aliphatic heterocycles. The van der Waals surface area contributed by atoms with Crippen molar-refractivity contribution < 1.29 is 4.79 Å². The van der Waals surface area contributed by atoms with Crippen molar-refractivity contribution in [3.63, 3.8) is 0 Å². The van der Waals surface area contributed by atoms with Crippen molar-refractivity contribution in [3.05, 3.63) is 59.4 Å². The number of imidazole rings is 1. The topological polar surface area (TPSA) is 59.3 Å². The van der Waals surface area contributed by atoms with Gasteiger partial charge in [-0.2, -0.15) is 0 Å². The second kappa shape index (κ2) is 4.92. The van der Waals surface area contributed by atoms with Crippen LogP contribution in [0.2, 0.25) is 0 Å². The largest absolute Gasteiger partial charge is 0.306 e. The van der Waals surface area contributed by atoms with Crippen LogP contribution in [-0.2, 0) is 0 Å². The summed E-state index contributed by atoms with van der Waals surface area (Å²) in [6.45, 7) is 1.88. The van der Waals surface area contributed by atoms with Crippen LogP contribution in [0.3, 0.4) is 0 Å². The number of amides is 1. The van der Waals surface area contributed by atoms with E-state index in [2.05, 4.69) is 15.3 Å². The molecular weight excluding hydrogens is 296 g/mol. The first-order chi connectivity index (χ1) is 10.7. The van der Waals surface area contributed by atoms with Crippen molar-refractivity contribution in [3.8, 4) is 0 Å². The molecule has 0 saturated heterocycles. The van der Waals surface area contributed by atoms with Crippen LogP contribution in [0, 0.1) is 6.92 Å². The van der Waals surface area contributed by atoms with Crippen LogP contribution in [0.4, 0.5) is 5.82 Å². The number of nitrogens with one attached hydrogen (secondary N) is 1. The standard InChI is InChI=1S/C16H12N4OS/c1-10-15(20-7-3-2-4-14(20)18-10)19-16(21)11-5-6-13-12(8-11)17-9-22-13/h2-9H,1H3,(H,19,21). The van der Waals surface area contributed by atoms with Crippen molar-refractivity contribution in [2.24, 2.45) is 0 Å². The third-order valence-electron chi connectivity index (χ3n) is 3.53. The summed E-state index contributed by atoms with van der Waals surface area (Å²) in [5, 5.41) is 2.94. The lowest BCUT2D eigenvalue weighted by Crippen LogP contribution is -2.14. The molecule has 0 spiro atoms. The molecular formula is C16H12N4OS. The summed E-state index contributed by atoms with van der Waals surface area (Å²) in [7, 11) is 0. The Morgan fingerprint density at radius 2 is 2.18 bits per heavy atom. The van der Waals surface area contributed by atoms with Crippen molar-refractivity contribution in [1.29, 1.82) is 0 Å². The summed E-state index contributed by atoms with van der Waals surface area (Å²) in [5.41, 5.74) is 4.80. The Bertz CT molecular complexity index is 1000. The van der Waals surface area contributed by atoms with Gasteiger partial charge in [0.25, 0.3) is 5.91 Å². The SMILES string of the molecule is Cc1nc2ccccn2c1NC(=O)c1ccc2scnc2c1. The minimum Gasteiger partial charge on any atom is -0.306 e. The van der Waals surface area contributed by atoms with E-state index in [1.54, 1.807) is 22.9 Å². The van der Waals surface area contributed by atoms with Gasteiger partial charge in [-0.15, -0.1) is 11.3 Å². The molecule has 4 aromatic rings. The fraction of sp³-hybridized carbons (Fsp3) is 0.0625. The number of pyridine rings is 1. The molecule has 108 valence electrons. The summed E-state index contributed by atoms with van der Waals surface area (Å²) in [5.74, 6) is 0.530. The summed E-state index contributed by atoms with van der Waals surface area (Å²) in [6, 6.07) is 11.3. The van der Waals surface area contributed by atoms with Gasteiger partial charge in [-0.25, -0.2) is 9.97 Å². The molecule has 0 atom stereocenters. The second-order valence-electron chi connectivity index (χ2n) is 4.96. The summed E-state index contributed by atoms with van der Waals surface area (Å²) < 4.78 is 2.94. The van der Waals surface area contributed by atoms with E-state index in [4.69, 9.17) is 0 Å². The summed E-state index contributed by atoms with van der Waals surface area (Å²) in [4.78, 5) is 21.2. The number of aromatic nitrogens is 3. The van der Waals surface area contributed by atoms with Crippen LogP contribution >= 0.6 is 11.3 Å². The molecule has 3 heterocycles. The average Bonchev–Trinajstić information content (AvgIpc) is 3.11. The Hall–Kier alpha value is -2.73. The van der Waals surface area contributed by atoms with Crippen molar-refractivity contribution in [2.75, 3.05) is 5.32 Å². The molecule has 1 aromatic carbocycles. The highest BCUT2D eigenvalue weighted by atomic mass is 32.1. The predicted molar refractivity (Wildman–Crippen MR) is 87.5 cm³/mol. The third kappa shape index (κ3) is 2.05. The second-order valence-corrected chi connectivity index (χ2v) is 5.85. The van der Waals surface area contributed by atoms with Crippen LogP contribution < -0.4 is 5.32 Å². The lowest BCUT2D eigenvalue weighted by Gasteiger charge is -2.06. The minimum atomic E-state index is -0.163. The van der Waals surface area contributed by atoms with Gasteiger partial charge in [0.2, 0.25) is 0 Å². The zero-order chi connectivity index (χ0) is 15.1. The van der Waals surface area contributed by atoms with Gasteiger partial charge >= 0.3 is 0 Å². The molecule has 4 rings (SSSR count). The number of aryl methyl sites for hydroxylation is 1. The number of carbonyl (C=O) groups excluding carboxylic acids is 1. The maximum absolute atomic E-state index is 12.5. The molecule has 0 bridgehead atoms. The van der Waals surface area contributed by atoms with E-state index in [9.17, 15) is 4.79 Å². The molecule has 0 unspecified atom stereocenters. The highest BCUT2D eigenvalue weighted by molar-refractivity contribution is 7.16. The number of nitrogens with zero attached hydrogens (tertiary/aromatic N) is 3. The number of fused-ring (bicyclic) bond motifs is 2. The summed E-state index contributed by atoms with van der Waals surface area (Å²) >= 11 is 1.56. The average molecular weight is 308 g/mol.